The number of nitrogens with zero attached hydrogens (tertiary/aromatic N) is 2. The lowest BCUT2D eigenvalue weighted by atomic mass is 10.2. The average molecular weight is 458 g/mol. The smallest absolute Gasteiger partial charge is 0.264 e. The van der Waals surface area contributed by atoms with E-state index in [0.717, 1.165) is 4.31 Å². The Bertz CT molecular complexity index is 1180. The summed E-state index contributed by atoms with van der Waals surface area (Å²) < 4.78 is 32.5. The Labute approximate surface area is 186 Å². The average Bonchev–Trinajstić information content (AvgIpc) is 2.78. The number of carbonyl (C=O) groups is 1. The molecule has 7 nitrogen and oxygen atoms in total. The van der Waals surface area contributed by atoms with E-state index in [0.29, 0.717) is 16.3 Å². The van der Waals surface area contributed by atoms with Crippen molar-refractivity contribution < 1.29 is 17.9 Å². The molecule has 0 aromatic heterocycles. The Morgan fingerprint density at radius 3 is 2.52 bits per heavy atom. The second kappa shape index (κ2) is 10.1. The molecule has 1 N–H and O–H groups in total. The summed E-state index contributed by atoms with van der Waals surface area (Å²) in [5.74, 6) is 0.0370. The second-order valence-corrected chi connectivity index (χ2v) is 8.67. The highest BCUT2D eigenvalue weighted by Crippen LogP contribution is 2.25. The summed E-state index contributed by atoms with van der Waals surface area (Å²) in [6.07, 6.45) is 1.44. The fourth-order valence-electron chi connectivity index (χ4n) is 2.73. The molecule has 3 rings (SSSR count). The fraction of sp³-hybridized carbons (Fsp3) is 0.0909. The zero-order valence-electron chi connectivity index (χ0n) is 16.6. The second-order valence-electron chi connectivity index (χ2n) is 6.37. The van der Waals surface area contributed by atoms with Gasteiger partial charge in [-0.2, -0.15) is 5.10 Å². The number of sulfonamides is 1. The number of carbonyl (C=O) groups excluding carboxylic acids is 1. The van der Waals surface area contributed by atoms with Crippen molar-refractivity contribution in [3.05, 3.63) is 89.4 Å². The van der Waals surface area contributed by atoms with Gasteiger partial charge in [-0.25, -0.2) is 13.8 Å². The topological polar surface area (TPSA) is 88.1 Å². The van der Waals surface area contributed by atoms with Gasteiger partial charge < -0.3 is 4.74 Å². The minimum absolute atomic E-state index is 0.0580. The van der Waals surface area contributed by atoms with Gasteiger partial charge in [-0.15, -0.1) is 0 Å². The van der Waals surface area contributed by atoms with Gasteiger partial charge in [-0.05, 0) is 48.0 Å². The number of rotatable bonds is 8. The summed E-state index contributed by atoms with van der Waals surface area (Å²) >= 11 is 6.04. The molecule has 0 atom stereocenters. The maximum atomic E-state index is 13.2. The van der Waals surface area contributed by atoms with E-state index >= 15 is 0 Å². The first-order valence-corrected chi connectivity index (χ1v) is 11.0. The summed E-state index contributed by atoms with van der Waals surface area (Å²) in [7, 11) is -2.46. The van der Waals surface area contributed by atoms with Crippen molar-refractivity contribution >= 4 is 39.4 Å². The number of hydrazone groups is 1. The molecule has 0 aliphatic rings. The highest BCUT2D eigenvalue weighted by molar-refractivity contribution is 7.92. The number of benzene rings is 3. The molecular formula is C22H20ClN3O4S. The molecule has 3 aromatic rings. The third kappa shape index (κ3) is 5.84. The van der Waals surface area contributed by atoms with Crippen LogP contribution in [0.15, 0.2) is 88.9 Å². The van der Waals surface area contributed by atoms with Gasteiger partial charge in [0.05, 0.1) is 23.9 Å². The Hall–Kier alpha value is -3.36. The Balaban J connectivity index is 1.81. The maximum Gasteiger partial charge on any atom is 0.264 e. The third-order valence-electron chi connectivity index (χ3n) is 4.21. The molecule has 0 radical (unpaired) electrons. The zero-order valence-corrected chi connectivity index (χ0v) is 18.2. The Morgan fingerprint density at radius 1 is 1.06 bits per heavy atom. The lowest BCUT2D eigenvalue weighted by Crippen LogP contribution is -2.39. The van der Waals surface area contributed by atoms with Crippen molar-refractivity contribution in [3.63, 3.8) is 0 Å². The molecule has 1 amide bonds. The van der Waals surface area contributed by atoms with Crippen LogP contribution in [-0.4, -0.2) is 34.2 Å². The van der Waals surface area contributed by atoms with Crippen LogP contribution in [0.2, 0.25) is 5.02 Å². The van der Waals surface area contributed by atoms with Crippen LogP contribution in [0.1, 0.15) is 5.56 Å². The molecule has 3 aromatic carbocycles. The van der Waals surface area contributed by atoms with Gasteiger partial charge in [-0.1, -0.05) is 48.0 Å². The molecule has 9 heteroatoms. The van der Waals surface area contributed by atoms with Crippen LogP contribution in [0.3, 0.4) is 0 Å². The molecule has 0 fully saturated rings. The van der Waals surface area contributed by atoms with Crippen molar-refractivity contribution in [1.82, 2.24) is 5.43 Å². The van der Waals surface area contributed by atoms with E-state index in [2.05, 4.69) is 10.5 Å². The van der Waals surface area contributed by atoms with Gasteiger partial charge in [0.25, 0.3) is 15.9 Å². The van der Waals surface area contributed by atoms with Crippen LogP contribution < -0.4 is 14.5 Å². The van der Waals surface area contributed by atoms with E-state index in [1.165, 1.54) is 24.4 Å². The molecule has 0 heterocycles. The van der Waals surface area contributed by atoms with Crippen molar-refractivity contribution in [2.24, 2.45) is 5.10 Å². The number of ether oxygens (including phenoxy) is 1. The van der Waals surface area contributed by atoms with E-state index in [1.807, 2.05) is 0 Å². The van der Waals surface area contributed by atoms with E-state index < -0.39 is 22.5 Å². The molecule has 0 aliphatic carbocycles. The molecule has 0 saturated carbocycles. The van der Waals surface area contributed by atoms with Gasteiger partial charge in [0.2, 0.25) is 0 Å². The highest BCUT2D eigenvalue weighted by atomic mass is 35.5. The molecule has 160 valence electrons. The zero-order chi connectivity index (χ0) is 22.3. The quantitative estimate of drug-likeness (QED) is 0.412. The fourth-order valence-corrected chi connectivity index (χ4v) is 4.35. The van der Waals surface area contributed by atoms with Crippen molar-refractivity contribution in [3.8, 4) is 5.75 Å². The van der Waals surface area contributed by atoms with Gasteiger partial charge in [0, 0.05) is 5.02 Å². The number of methoxy groups -OCH3 is 1. The van der Waals surface area contributed by atoms with E-state index in [1.54, 1.807) is 67.8 Å². The lowest BCUT2D eigenvalue weighted by Gasteiger charge is -2.23. The van der Waals surface area contributed by atoms with Crippen LogP contribution in [-0.2, 0) is 14.8 Å². The maximum absolute atomic E-state index is 13.2. The van der Waals surface area contributed by atoms with Crippen molar-refractivity contribution in [2.75, 3.05) is 18.0 Å². The Kier molecular flexibility index (Phi) is 7.28. The van der Waals surface area contributed by atoms with Gasteiger partial charge in [-0.3, -0.25) is 9.10 Å². The van der Waals surface area contributed by atoms with Gasteiger partial charge >= 0.3 is 0 Å². The molecule has 0 saturated heterocycles. The molecule has 0 unspecified atom stereocenters. The SMILES string of the molecule is COc1cccc(/C=N\NC(=O)CN(c2cccc(Cl)c2)S(=O)(=O)c2ccccc2)c1. The molecular weight excluding hydrogens is 438 g/mol. The standard InChI is InChI=1S/C22H20ClN3O4S/c1-30-20-10-5-7-17(13-20)15-24-25-22(27)16-26(19-9-6-8-18(23)14-19)31(28,29)21-11-3-2-4-12-21/h2-15H,16H2,1H3,(H,25,27)/b24-15-. The summed E-state index contributed by atoms with van der Waals surface area (Å²) in [5, 5.41) is 4.26. The number of hydrogen-bond acceptors (Lipinski definition) is 5. The highest BCUT2D eigenvalue weighted by Gasteiger charge is 2.27. The normalized spacial score (nSPS) is 11.3. The van der Waals surface area contributed by atoms with E-state index in [4.69, 9.17) is 16.3 Å². The number of halogens is 1. The van der Waals surface area contributed by atoms with Crippen LogP contribution in [0.4, 0.5) is 5.69 Å². The summed E-state index contributed by atoms with van der Waals surface area (Å²) in [5.41, 5.74) is 3.34. The first-order valence-electron chi connectivity index (χ1n) is 9.19. The van der Waals surface area contributed by atoms with E-state index in [9.17, 15) is 13.2 Å². The van der Waals surface area contributed by atoms with Crippen LogP contribution >= 0.6 is 11.6 Å². The van der Waals surface area contributed by atoms with E-state index in [-0.39, 0.29) is 10.6 Å². The molecule has 31 heavy (non-hydrogen) atoms. The first-order chi connectivity index (χ1) is 14.9. The number of amides is 1. The lowest BCUT2D eigenvalue weighted by molar-refractivity contribution is -0.119. The van der Waals surface area contributed by atoms with Gasteiger partial charge in [0.1, 0.15) is 12.3 Å². The minimum atomic E-state index is -4.01. The summed E-state index contributed by atoms with van der Waals surface area (Å²) in [4.78, 5) is 12.6. The monoisotopic (exact) mass is 457 g/mol. The largest absolute Gasteiger partial charge is 0.497 e. The Morgan fingerprint density at radius 2 is 1.81 bits per heavy atom. The van der Waals surface area contributed by atoms with Gasteiger partial charge in [0.15, 0.2) is 0 Å². The summed E-state index contributed by atoms with van der Waals surface area (Å²) in [6, 6.07) is 21.3. The van der Waals surface area contributed by atoms with Crippen molar-refractivity contribution in [2.45, 2.75) is 4.90 Å². The third-order valence-corrected chi connectivity index (χ3v) is 6.23. The first kappa shape index (κ1) is 22.3. The number of nitrogens with one attached hydrogen (secondary N) is 1. The molecule has 0 spiro atoms. The summed E-state index contributed by atoms with van der Waals surface area (Å²) in [6.45, 7) is -0.479. The number of anilines is 1. The predicted molar refractivity (Wildman–Crippen MR) is 121 cm³/mol. The van der Waals surface area contributed by atoms with Crippen LogP contribution in [0.25, 0.3) is 0 Å². The van der Waals surface area contributed by atoms with Crippen LogP contribution in [0.5, 0.6) is 5.75 Å². The molecule has 0 aliphatic heterocycles. The minimum Gasteiger partial charge on any atom is -0.497 e. The van der Waals surface area contributed by atoms with Crippen molar-refractivity contribution in [1.29, 1.82) is 0 Å². The van der Waals surface area contributed by atoms with Crippen LogP contribution in [0, 0.1) is 0 Å². The predicted octanol–water partition coefficient (Wildman–Crippen LogP) is 3.69. The number of hydrogen-bond donors (Lipinski definition) is 1. The molecule has 0 bridgehead atoms.